The van der Waals surface area contributed by atoms with Gasteiger partial charge in [0.05, 0.1) is 10.5 Å². The van der Waals surface area contributed by atoms with Crippen molar-refractivity contribution in [2.24, 2.45) is 0 Å². The van der Waals surface area contributed by atoms with E-state index in [9.17, 15) is 21.6 Å². The molecule has 0 spiro atoms. The van der Waals surface area contributed by atoms with Crippen molar-refractivity contribution in [2.45, 2.75) is 42.8 Å². The van der Waals surface area contributed by atoms with Crippen LogP contribution in [-0.2, 0) is 16.2 Å². The fourth-order valence-corrected chi connectivity index (χ4v) is 4.77. The second-order valence-corrected chi connectivity index (χ2v) is 8.34. The minimum absolute atomic E-state index is 0.283. The van der Waals surface area contributed by atoms with E-state index in [1.54, 1.807) is 0 Å². The lowest BCUT2D eigenvalue weighted by Crippen LogP contribution is -2.42. The van der Waals surface area contributed by atoms with Gasteiger partial charge in [0, 0.05) is 25.7 Å². The average Bonchev–Trinajstić information content (AvgIpc) is 2.71. The van der Waals surface area contributed by atoms with Crippen molar-refractivity contribution in [3.05, 3.63) is 29.8 Å². The Labute approximate surface area is 140 Å². The number of hydrogen-bond acceptors (Lipinski definition) is 3. The van der Waals surface area contributed by atoms with Crippen molar-refractivity contribution in [2.75, 3.05) is 26.2 Å². The summed E-state index contributed by atoms with van der Waals surface area (Å²) in [5.74, 6) is 0. The molecule has 2 aliphatic rings. The van der Waals surface area contributed by atoms with E-state index in [1.165, 1.54) is 16.8 Å². The third-order valence-corrected chi connectivity index (χ3v) is 6.77. The van der Waals surface area contributed by atoms with Gasteiger partial charge in [0.15, 0.2) is 0 Å². The number of rotatable bonds is 3. The molecule has 134 valence electrons. The van der Waals surface area contributed by atoms with Crippen LogP contribution in [0.2, 0.25) is 0 Å². The normalized spacial score (nSPS) is 22.1. The summed E-state index contributed by atoms with van der Waals surface area (Å²) in [5.41, 5.74) is -0.936. The fourth-order valence-electron chi connectivity index (χ4n) is 3.25. The van der Waals surface area contributed by atoms with Gasteiger partial charge < -0.3 is 0 Å². The van der Waals surface area contributed by atoms with Crippen LogP contribution in [0.4, 0.5) is 13.2 Å². The third-order valence-electron chi connectivity index (χ3n) is 4.88. The fraction of sp³-hybridized carbons (Fsp3) is 0.625. The zero-order chi connectivity index (χ0) is 17.4. The van der Waals surface area contributed by atoms with Gasteiger partial charge in [-0.2, -0.15) is 17.5 Å². The Morgan fingerprint density at radius 1 is 1.00 bits per heavy atom. The second kappa shape index (κ2) is 6.65. The highest BCUT2D eigenvalue weighted by Gasteiger charge is 2.34. The molecule has 1 saturated carbocycles. The van der Waals surface area contributed by atoms with Crippen molar-refractivity contribution >= 4 is 10.0 Å². The van der Waals surface area contributed by atoms with E-state index in [2.05, 4.69) is 4.90 Å². The predicted molar refractivity (Wildman–Crippen MR) is 84.0 cm³/mol. The van der Waals surface area contributed by atoms with Crippen LogP contribution in [0.15, 0.2) is 29.2 Å². The van der Waals surface area contributed by atoms with Gasteiger partial charge in [-0.3, -0.25) is 4.90 Å². The van der Waals surface area contributed by atoms with Crippen LogP contribution < -0.4 is 0 Å². The first-order valence-corrected chi connectivity index (χ1v) is 9.64. The summed E-state index contributed by atoms with van der Waals surface area (Å²) in [6, 6.07) is 4.54. The Balaban J connectivity index is 1.77. The van der Waals surface area contributed by atoms with Gasteiger partial charge in [0.1, 0.15) is 0 Å². The van der Waals surface area contributed by atoms with Crippen LogP contribution in [0.3, 0.4) is 0 Å². The van der Waals surface area contributed by atoms with Gasteiger partial charge in [0.2, 0.25) is 10.0 Å². The maximum absolute atomic E-state index is 12.8. The summed E-state index contributed by atoms with van der Waals surface area (Å²) in [4.78, 5) is 2.03. The molecule has 1 saturated heterocycles. The molecule has 0 bridgehead atoms. The molecule has 0 unspecified atom stereocenters. The topological polar surface area (TPSA) is 40.6 Å². The van der Waals surface area contributed by atoms with Crippen molar-refractivity contribution in [1.29, 1.82) is 0 Å². The van der Waals surface area contributed by atoms with E-state index < -0.39 is 21.8 Å². The molecule has 0 radical (unpaired) electrons. The highest BCUT2D eigenvalue weighted by molar-refractivity contribution is 7.89. The molecular formula is C16H21F3N2O2S. The molecule has 1 heterocycles. The van der Waals surface area contributed by atoms with Gasteiger partial charge in [-0.25, -0.2) is 8.42 Å². The summed E-state index contributed by atoms with van der Waals surface area (Å²) >= 11 is 0. The lowest BCUT2D eigenvalue weighted by molar-refractivity contribution is -0.137. The highest BCUT2D eigenvalue weighted by Crippen LogP contribution is 2.31. The van der Waals surface area contributed by atoms with Crippen molar-refractivity contribution in [3.63, 3.8) is 0 Å². The van der Waals surface area contributed by atoms with Gasteiger partial charge >= 0.3 is 6.18 Å². The Bertz CT molecular complexity index is 687. The molecule has 1 aromatic rings. The molecule has 3 rings (SSSR count). The van der Waals surface area contributed by atoms with Crippen LogP contribution >= 0.6 is 0 Å². The number of sulfonamides is 1. The first-order valence-electron chi connectivity index (χ1n) is 8.20. The van der Waals surface area contributed by atoms with Crippen LogP contribution in [0.25, 0.3) is 0 Å². The second-order valence-electron chi connectivity index (χ2n) is 6.40. The lowest BCUT2D eigenvalue weighted by atomic mass is 9.91. The van der Waals surface area contributed by atoms with Gasteiger partial charge in [-0.05, 0) is 44.0 Å². The summed E-state index contributed by atoms with van der Waals surface area (Å²) in [6.45, 7) is 2.17. The molecule has 2 fully saturated rings. The van der Waals surface area contributed by atoms with Crippen molar-refractivity contribution in [1.82, 2.24) is 9.21 Å². The van der Waals surface area contributed by atoms with E-state index in [0.29, 0.717) is 32.1 Å². The largest absolute Gasteiger partial charge is 0.416 e. The average molecular weight is 362 g/mol. The zero-order valence-corrected chi connectivity index (χ0v) is 14.1. The van der Waals surface area contributed by atoms with Crippen LogP contribution in [-0.4, -0.2) is 49.8 Å². The summed E-state index contributed by atoms with van der Waals surface area (Å²) in [7, 11) is -3.90. The number of halogens is 3. The lowest BCUT2D eigenvalue weighted by Gasteiger charge is -2.36. The molecule has 0 amide bonds. The van der Waals surface area contributed by atoms with Gasteiger partial charge in [-0.15, -0.1) is 0 Å². The van der Waals surface area contributed by atoms with E-state index >= 15 is 0 Å². The Kier molecular flexibility index (Phi) is 4.90. The van der Waals surface area contributed by atoms with Gasteiger partial charge in [0.25, 0.3) is 0 Å². The number of alkyl halides is 3. The quantitative estimate of drug-likeness (QED) is 0.830. The summed E-state index contributed by atoms with van der Waals surface area (Å²) in [6.07, 6.45) is -0.325. The summed E-state index contributed by atoms with van der Waals surface area (Å²) in [5, 5.41) is 0. The molecule has 0 N–H and O–H groups in total. The van der Waals surface area contributed by atoms with Crippen molar-refractivity contribution < 1.29 is 21.6 Å². The van der Waals surface area contributed by atoms with Crippen LogP contribution in [0.5, 0.6) is 0 Å². The van der Waals surface area contributed by atoms with E-state index in [-0.39, 0.29) is 4.90 Å². The SMILES string of the molecule is O=S(=O)(c1cccc(C(F)(F)F)c1)N1CCCN(C2CCC2)CC1. The zero-order valence-electron chi connectivity index (χ0n) is 13.3. The molecule has 0 aromatic heterocycles. The Hall–Kier alpha value is -1.12. The van der Waals surface area contributed by atoms with Crippen LogP contribution in [0.1, 0.15) is 31.2 Å². The van der Waals surface area contributed by atoms with Gasteiger partial charge in [-0.1, -0.05) is 12.5 Å². The molecule has 1 aliphatic heterocycles. The standard InChI is InChI=1S/C16H21F3N2O2S/c17-16(18,19)13-4-1-7-15(12-13)24(22,23)21-9-3-8-20(10-11-21)14-5-2-6-14/h1,4,7,12,14H,2-3,5-6,8-11H2. The Morgan fingerprint density at radius 3 is 2.38 bits per heavy atom. The minimum Gasteiger partial charge on any atom is -0.299 e. The maximum atomic E-state index is 12.8. The number of nitrogens with zero attached hydrogens (tertiary/aromatic N) is 2. The molecular weight excluding hydrogens is 341 g/mol. The highest BCUT2D eigenvalue weighted by atomic mass is 32.2. The smallest absolute Gasteiger partial charge is 0.299 e. The predicted octanol–water partition coefficient (Wildman–Crippen LogP) is 2.95. The molecule has 0 atom stereocenters. The van der Waals surface area contributed by atoms with Crippen molar-refractivity contribution in [3.8, 4) is 0 Å². The van der Waals surface area contributed by atoms with Crippen LogP contribution in [0, 0.1) is 0 Å². The van der Waals surface area contributed by atoms with E-state index in [1.807, 2.05) is 0 Å². The third kappa shape index (κ3) is 3.60. The maximum Gasteiger partial charge on any atom is 0.416 e. The molecule has 4 nitrogen and oxygen atoms in total. The molecule has 24 heavy (non-hydrogen) atoms. The first kappa shape index (κ1) is 17.7. The first-order chi connectivity index (χ1) is 11.3. The molecule has 1 aromatic carbocycles. The minimum atomic E-state index is -4.55. The summed E-state index contributed by atoms with van der Waals surface area (Å²) < 4.78 is 65.3. The van der Waals surface area contributed by atoms with E-state index in [0.717, 1.165) is 37.6 Å². The number of hydrogen-bond donors (Lipinski definition) is 0. The Morgan fingerprint density at radius 2 is 1.75 bits per heavy atom. The monoisotopic (exact) mass is 362 g/mol. The number of benzene rings is 1. The van der Waals surface area contributed by atoms with E-state index in [4.69, 9.17) is 0 Å². The molecule has 1 aliphatic carbocycles. The molecule has 8 heteroatoms.